The average molecular weight is 172 g/mol. The van der Waals surface area contributed by atoms with Crippen LogP contribution in [0.2, 0.25) is 0 Å². The van der Waals surface area contributed by atoms with E-state index in [2.05, 4.69) is 5.43 Å². The molecule has 0 bridgehead atoms. The van der Waals surface area contributed by atoms with Gasteiger partial charge in [-0.2, -0.15) is 0 Å². The van der Waals surface area contributed by atoms with Crippen molar-refractivity contribution in [3.63, 3.8) is 0 Å². The van der Waals surface area contributed by atoms with E-state index in [4.69, 9.17) is 5.11 Å². The van der Waals surface area contributed by atoms with Gasteiger partial charge in [-0.05, 0) is 0 Å². The number of hydrazine groups is 1. The number of carbonyl (C=O) groups excluding carboxylic acids is 2. The Hall–Kier alpha value is -1.43. The van der Waals surface area contributed by atoms with E-state index < -0.39 is 12.5 Å². The van der Waals surface area contributed by atoms with Gasteiger partial charge in [0.25, 0.3) is 0 Å². The number of carboxylic acid groups (broad SMARTS) is 1. The number of carboxylic acids is 1. The molecule has 0 aromatic heterocycles. The van der Waals surface area contributed by atoms with Gasteiger partial charge >= 0.3 is 5.97 Å². The maximum Gasteiger partial charge on any atom is 0.319 e. The molecule has 0 aromatic rings. The molecule has 1 rings (SSSR count). The lowest BCUT2D eigenvalue weighted by Gasteiger charge is -2.12. The molecule has 1 aliphatic rings. The first kappa shape index (κ1) is 8.66. The Morgan fingerprint density at radius 3 is 2.33 bits per heavy atom. The minimum atomic E-state index is -1.11. The maximum absolute atomic E-state index is 10.8. The van der Waals surface area contributed by atoms with Crippen molar-refractivity contribution in [2.75, 3.05) is 6.54 Å². The Morgan fingerprint density at radius 2 is 1.92 bits per heavy atom. The minimum Gasteiger partial charge on any atom is -0.480 e. The van der Waals surface area contributed by atoms with Crippen molar-refractivity contribution in [1.82, 2.24) is 10.4 Å². The van der Waals surface area contributed by atoms with Gasteiger partial charge in [0.1, 0.15) is 6.54 Å². The van der Waals surface area contributed by atoms with Gasteiger partial charge in [0.15, 0.2) is 0 Å². The van der Waals surface area contributed by atoms with E-state index in [1.165, 1.54) is 0 Å². The summed E-state index contributed by atoms with van der Waals surface area (Å²) < 4.78 is 0. The van der Waals surface area contributed by atoms with Gasteiger partial charge in [0.2, 0.25) is 11.8 Å². The minimum absolute atomic E-state index is 0.158. The van der Waals surface area contributed by atoms with E-state index in [1.54, 1.807) is 0 Å². The maximum atomic E-state index is 10.8. The Kier molecular flexibility index (Phi) is 2.39. The highest BCUT2D eigenvalue weighted by Crippen LogP contribution is 2.07. The quantitative estimate of drug-likeness (QED) is 0.518. The topological polar surface area (TPSA) is 86.7 Å². The zero-order chi connectivity index (χ0) is 9.14. The highest BCUT2D eigenvalue weighted by atomic mass is 16.4. The summed E-state index contributed by atoms with van der Waals surface area (Å²) in [5, 5.41) is 8.99. The zero-order valence-corrected chi connectivity index (χ0v) is 6.24. The van der Waals surface area contributed by atoms with Crippen LogP contribution in [0.3, 0.4) is 0 Å². The highest BCUT2D eigenvalue weighted by molar-refractivity contribution is 6.01. The van der Waals surface area contributed by atoms with Crippen LogP contribution in [0, 0.1) is 0 Å². The summed E-state index contributed by atoms with van der Waals surface area (Å²) in [7, 11) is 0. The first-order valence-electron chi connectivity index (χ1n) is 3.42. The van der Waals surface area contributed by atoms with Crippen LogP contribution in [0.15, 0.2) is 0 Å². The monoisotopic (exact) mass is 172 g/mol. The van der Waals surface area contributed by atoms with E-state index in [9.17, 15) is 14.4 Å². The molecule has 2 amide bonds. The summed E-state index contributed by atoms with van der Waals surface area (Å²) in [6.45, 7) is -0.419. The summed E-state index contributed by atoms with van der Waals surface area (Å²) in [5.41, 5.74) is 2.22. The molecule has 1 aliphatic heterocycles. The molecular formula is C6H8N2O4. The van der Waals surface area contributed by atoms with Gasteiger partial charge in [-0.1, -0.05) is 0 Å². The van der Waals surface area contributed by atoms with Crippen molar-refractivity contribution in [2.24, 2.45) is 0 Å². The van der Waals surface area contributed by atoms with Gasteiger partial charge in [-0.25, -0.2) is 10.4 Å². The lowest BCUT2D eigenvalue weighted by atomic mass is 10.4. The standard InChI is InChI=1S/C6H8N2O4/c9-4-1-2-5(10)8(4)7-3-6(11)12/h7H,1-3H2,(H,11,12). The smallest absolute Gasteiger partial charge is 0.319 e. The fraction of sp³-hybridized carbons (Fsp3) is 0.500. The SMILES string of the molecule is O=C(O)CNN1C(=O)CCC1=O. The fourth-order valence-corrected chi connectivity index (χ4v) is 0.900. The Bertz CT molecular complexity index is 222. The van der Waals surface area contributed by atoms with Gasteiger partial charge < -0.3 is 5.11 Å². The van der Waals surface area contributed by atoms with Gasteiger partial charge in [0.05, 0.1) is 0 Å². The van der Waals surface area contributed by atoms with Crippen LogP contribution in [0.25, 0.3) is 0 Å². The number of rotatable bonds is 3. The van der Waals surface area contributed by atoms with Crippen LogP contribution >= 0.6 is 0 Å². The van der Waals surface area contributed by atoms with Gasteiger partial charge in [-0.15, -0.1) is 0 Å². The second-order valence-electron chi connectivity index (χ2n) is 2.35. The second kappa shape index (κ2) is 3.31. The van der Waals surface area contributed by atoms with Crippen molar-refractivity contribution >= 4 is 17.8 Å². The molecular weight excluding hydrogens is 164 g/mol. The third kappa shape index (κ3) is 1.79. The molecule has 0 saturated carbocycles. The third-order valence-electron chi connectivity index (χ3n) is 1.44. The molecule has 1 fully saturated rings. The number of nitrogens with zero attached hydrogens (tertiary/aromatic N) is 1. The molecule has 2 N–H and O–H groups in total. The number of nitrogens with one attached hydrogen (secondary N) is 1. The largest absolute Gasteiger partial charge is 0.480 e. The van der Waals surface area contributed by atoms with Crippen molar-refractivity contribution in [2.45, 2.75) is 12.8 Å². The normalized spacial score (nSPS) is 17.2. The van der Waals surface area contributed by atoms with Crippen LogP contribution in [0.1, 0.15) is 12.8 Å². The van der Waals surface area contributed by atoms with E-state index in [-0.39, 0.29) is 24.7 Å². The number of hydrogen-bond acceptors (Lipinski definition) is 4. The molecule has 0 atom stereocenters. The second-order valence-corrected chi connectivity index (χ2v) is 2.35. The molecule has 1 heterocycles. The Labute approximate surface area is 68.1 Å². The van der Waals surface area contributed by atoms with Crippen LogP contribution in [-0.2, 0) is 14.4 Å². The summed E-state index contributed by atoms with van der Waals surface area (Å²) >= 11 is 0. The highest BCUT2D eigenvalue weighted by Gasteiger charge is 2.28. The Morgan fingerprint density at radius 1 is 1.42 bits per heavy atom. The third-order valence-corrected chi connectivity index (χ3v) is 1.44. The summed E-state index contributed by atoms with van der Waals surface area (Å²) in [5.74, 6) is -1.86. The van der Waals surface area contributed by atoms with Crippen molar-refractivity contribution in [3.8, 4) is 0 Å². The van der Waals surface area contributed by atoms with Gasteiger partial charge in [-0.3, -0.25) is 14.4 Å². The predicted molar refractivity (Wildman–Crippen MR) is 36.7 cm³/mol. The molecule has 0 spiro atoms. The number of amides is 2. The fourth-order valence-electron chi connectivity index (χ4n) is 0.900. The zero-order valence-electron chi connectivity index (χ0n) is 6.24. The summed E-state index contributed by atoms with van der Waals surface area (Å²) in [4.78, 5) is 31.8. The van der Waals surface area contributed by atoms with Crippen molar-refractivity contribution in [1.29, 1.82) is 0 Å². The van der Waals surface area contributed by atoms with Crippen molar-refractivity contribution in [3.05, 3.63) is 0 Å². The average Bonchev–Trinajstić information content (AvgIpc) is 2.28. The van der Waals surface area contributed by atoms with Crippen LogP contribution in [0.4, 0.5) is 0 Å². The molecule has 6 heteroatoms. The van der Waals surface area contributed by atoms with Crippen molar-refractivity contribution < 1.29 is 19.5 Å². The lowest BCUT2D eigenvalue weighted by molar-refractivity contribution is -0.144. The molecule has 0 radical (unpaired) electrons. The molecule has 0 aromatic carbocycles. The molecule has 66 valence electrons. The molecule has 0 aliphatic carbocycles. The first-order chi connectivity index (χ1) is 5.61. The molecule has 0 unspecified atom stereocenters. The predicted octanol–water partition coefficient (Wildman–Crippen LogP) is -1.28. The van der Waals surface area contributed by atoms with Crippen LogP contribution < -0.4 is 5.43 Å². The van der Waals surface area contributed by atoms with E-state index in [0.717, 1.165) is 5.01 Å². The first-order valence-corrected chi connectivity index (χ1v) is 3.42. The number of aliphatic carboxylic acids is 1. The van der Waals surface area contributed by atoms with E-state index in [1.807, 2.05) is 0 Å². The lowest BCUT2D eigenvalue weighted by Crippen LogP contribution is -2.44. The molecule has 1 saturated heterocycles. The van der Waals surface area contributed by atoms with E-state index >= 15 is 0 Å². The van der Waals surface area contributed by atoms with Gasteiger partial charge in [0, 0.05) is 12.8 Å². The molecule has 12 heavy (non-hydrogen) atoms. The molecule has 6 nitrogen and oxygen atoms in total. The van der Waals surface area contributed by atoms with E-state index in [0.29, 0.717) is 0 Å². The number of imide groups is 1. The summed E-state index contributed by atoms with van der Waals surface area (Å²) in [6.07, 6.45) is 0.316. The number of carbonyl (C=O) groups is 3. The van der Waals surface area contributed by atoms with Crippen LogP contribution in [0.5, 0.6) is 0 Å². The van der Waals surface area contributed by atoms with Crippen LogP contribution in [-0.4, -0.2) is 34.4 Å². The Balaban J connectivity index is 2.45. The summed E-state index contributed by atoms with van der Waals surface area (Å²) in [6, 6.07) is 0. The number of hydrogen-bond donors (Lipinski definition) is 2.